The minimum absolute atomic E-state index is 0.0450. The highest BCUT2D eigenvalue weighted by Gasteiger charge is 2.18. The predicted molar refractivity (Wildman–Crippen MR) is 86.3 cm³/mol. The summed E-state index contributed by atoms with van der Waals surface area (Å²) >= 11 is 0. The minimum Gasteiger partial charge on any atom is -0.403 e. The van der Waals surface area contributed by atoms with Gasteiger partial charge in [0.15, 0.2) is 0 Å². The van der Waals surface area contributed by atoms with Gasteiger partial charge in [-0.25, -0.2) is 13.1 Å². The van der Waals surface area contributed by atoms with Crippen molar-refractivity contribution in [1.82, 2.24) is 10.2 Å². The molecular weight excluding hydrogens is 328 g/mol. The zero-order valence-electron chi connectivity index (χ0n) is 12.4. The lowest BCUT2D eigenvalue weighted by molar-refractivity contribution is 0.577. The fourth-order valence-electron chi connectivity index (χ4n) is 2.01. The lowest BCUT2D eigenvalue weighted by Crippen LogP contribution is -2.13. The van der Waals surface area contributed by atoms with E-state index in [1.54, 1.807) is 24.3 Å². The van der Waals surface area contributed by atoms with Gasteiger partial charge >= 0.3 is 6.01 Å². The van der Waals surface area contributed by atoms with Crippen LogP contribution >= 0.6 is 0 Å². The predicted octanol–water partition coefficient (Wildman–Crippen LogP) is 2.60. The zero-order chi connectivity index (χ0) is 17.0. The van der Waals surface area contributed by atoms with Crippen molar-refractivity contribution in [2.45, 2.75) is 11.3 Å². The number of sulfonamides is 1. The Kier molecular flexibility index (Phi) is 4.26. The third-order valence-corrected chi connectivity index (χ3v) is 4.52. The minimum atomic E-state index is -3.84. The van der Waals surface area contributed by atoms with Crippen LogP contribution in [0.2, 0.25) is 0 Å². The number of hydrogen-bond donors (Lipinski definition) is 1. The zero-order valence-corrected chi connectivity index (χ0v) is 13.2. The molecule has 0 amide bonds. The number of nitrogens with one attached hydrogen (secondary N) is 1. The highest BCUT2D eigenvalue weighted by atomic mass is 32.2. The molecule has 0 saturated heterocycles. The van der Waals surface area contributed by atoms with Crippen molar-refractivity contribution in [3.05, 3.63) is 60.2 Å². The van der Waals surface area contributed by atoms with E-state index in [2.05, 4.69) is 14.9 Å². The lowest BCUT2D eigenvalue weighted by Gasteiger charge is -2.04. The van der Waals surface area contributed by atoms with Crippen LogP contribution in [0, 0.1) is 11.3 Å². The molecule has 0 aliphatic heterocycles. The molecule has 120 valence electrons. The number of nitriles is 1. The number of rotatable bonds is 5. The maximum Gasteiger partial charge on any atom is 0.330 e. The van der Waals surface area contributed by atoms with Crippen LogP contribution in [-0.4, -0.2) is 18.6 Å². The second-order valence-electron chi connectivity index (χ2n) is 4.86. The third-order valence-electron chi connectivity index (χ3n) is 3.18. The second kappa shape index (κ2) is 6.52. The van der Waals surface area contributed by atoms with Gasteiger partial charge in [0, 0.05) is 5.56 Å². The number of aromatic nitrogens is 2. The van der Waals surface area contributed by atoms with Crippen LogP contribution < -0.4 is 4.72 Å². The molecule has 2 aromatic carbocycles. The first-order chi connectivity index (χ1) is 11.6. The van der Waals surface area contributed by atoms with Crippen LogP contribution in [0.25, 0.3) is 11.5 Å². The van der Waals surface area contributed by atoms with Crippen molar-refractivity contribution >= 4 is 16.0 Å². The molecule has 8 heteroatoms. The molecule has 1 N–H and O–H groups in total. The van der Waals surface area contributed by atoms with Gasteiger partial charge in [0.2, 0.25) is 5.89 Å². The molecule has 3 rings (SSSR count). The Hall–Kier alpha value is -3.18. The molecule has 7 nitrogen and oxygen atoms in total. The summed E-state index contributed by atoms with van der Waals surface area (Å²) in [6.45, 7) is 0. The molecule has 0 atom stereocenters. The van der Waals surface area contributed by atoms with E-state index in [1.165, 1.54) is 12.1 Å². The summed E-state index contributed by atoms with van der Waals surface area (Å²) in [6, 6.07) is 16.8. The van der Waals surface area contributed by atoms with Gasteiger partial charge in [-0.2, -0.15) is 5.26 Å². The van der Waals surface area contributed by atoms with Crippen LogP contribution in [0.3, 0.4) is 0 Å². The summed E-state index contributed by atoms with van der Waals surface area (Å²) in [5.41, 5.74) is 1.43. The Labute approximate surface area is 138 Å². The van der Waals surface area contributed by atoms with Crippen molar-refractivity contribution in [3.63, 3.8) is 0 Å². The Morgan fingerprint density at radius 3 is 2.42 bits per heavy atom. The fraction of sp³-hybridized carbons (Fsp3) is 0.0625. The first-order valence-electron chi connectivity index (χ1n) is 6.96. The molecule has 0 spiro atoms. The van der Waals surface area contributed by atoms with Gasteiger partial charge in [0.25, 0.3) is 10.0 Å². The van der Waals surface area contributed by atoms with E-state index in [4.69, 9.17) is 9.68 Å². The van der Waals surface area contributed by atoms with Crippen LogP contribution in [-0.2, 0) is 16.4 Å². The van der Waals surface area contributed by atoms with E-state index in [0.717, 1.165) is 5.56 Å². The molecule has 3 aromatic rings. The largest absolute Gasteiger partial charge is 0.403 e. The second-order valence-corrected chi connectivity index (χ2v) is 6.55. The molecule has 0 fully saturated rings. The fourth-order valence-corrected chi connectivity index (χ4v) is 2.94. The maximum atomic E-state index is 12.3. The number of benzene rings is 2. The van der Waals surface area contributed by atoms with E-state index in [9.17, 15) is 8.42 Å². The molecule has 24 heavy (non-hydrogen) atoms. The van der Waals surface area contributed by atoms with Gasteiger partial charge in [-0.3, -0.25) is 0 Å². The first kappa shape index (κ1) is 15.7. The highest BCUT2D eigenvalue weighted by molar-refractivity contribution is 7.92. The molecule has 0 bridgehead atoms. The van der Waals surface area contributed by atoms with Crippen LogP contribution in [0.15, 0.2) is 63.9 Å². The summed E-state index contributed by atoms with van der Waals surface area (Å²) in [4.78, 5) is 0.0450. The number of anilines is 1. The molecule has 0 radical (unpaired) electrons. The standard InChI is InChI=1S/C16H12N4O3S/c17-11-10-12-6-8-14(9-7-12)24(21,22)20-16-19-18-15(23-16)13-4-2-1-3-5-13/h1-9H,10H2,(H,19,20). The van der Waals surface area contributed by atoms with Crippen molar-refractivity contribution < 1.29 is 12.8 Å². The summed E-state index contributed by atoms with van der Waals surface area (Å²) in [5, 5.41) is 16.2. The summed E-state index contributed by atoms with van der Waals surface area (Å²) in [6.07, 6.45) is 0.220. The van der Waals surface area contributed by atoms with E-state index in [1.807, 2.05) is 24.3 Å². The molecule has 1 aromatic heterocycles. The van der Waals surface area contributed by atoms with Crippen molar-refractivity contribution in [2.75, 3.05) is 4.72 Å². The van der Waals surface area contributed by atoms with Gasteiger partial charge in [-0.1, -0.05) is 35.4 Å². The molecule has 0 aliphatic carbocycles. The quantitative estimate of drug-likeness (QED) is 0.764. The first-order valence-corrected chi connectivity index (χ1v) is 8.44. The monoisotopic (exact) mass is 340 g/mol. The van der Waals surface area contributed by atoms with E-state index >= 15 is 0 Å². The normalized spacial score (nSPS) is 11.0. The maximum absolute atomic E-state index is 12.3. The van der Waals surface area contributed by atoms with E-state index in [-0.39, 0.29) is 23.2 Å². The highest BCUT2D eigenvalue weighted by Crippen LogP contribution is 2.21. The van der Waals surface area contributed by atoms with Crippen molar-refractivity contribution in [1.29, 1.82) is 5.26 Å². The average molecular weight is 340 g/mol. The topological polar surface area (TPSA) is 109 Å². The third kappa shape index (κ3) is 3.42. The smallest absolute Gasteiger partial charge is 0.330 e. The number of hydrogen-bond acceptors (Lipinski definition) is 6. The van der Waals surface area contributed by atoms with Crippen LogP contribution in [0.4, 0.5) is 6.01 Å². The Bertz CT molecular complexity index is 974. The van der Waals surface area contributed by atoms with Crippen LogP contribution in [0.1, 0.15) is 5.56 Å². The van der Waals surface area contributed by atoms with E-state index in [0.29, 0.717) is 5.56 Å². The molecule has 0 aliphatic rings. The van der Waals surface area contributed by atoms with Crippen LogP contribution in [0.5, 0.6) is 0 Å². The van der Waals surface area contributed by atoms with Crippen molar-refractivity contribution in [2.24, 2.45) is 0 Å². The van der Waals surface area contributed by atoms with Gasteiger partial charge < -0.3 is 4.42 Å². The molecule has 0 unspecified atom stereocenters. The van der Waals surface area contributed by atoms with Gasteiger partial charge in [-0.15, -0.1) is 5.10 Å². The SMILES string of the molecule is N#CCc1ccc(S(=O)(=O)Nc2nnc(-c3ccccc3)o2)cc1. The summed E-state index contributed by atoms with van der Waals surface area (Å²) in [7, 11) is -3.84. The Morgan fingerprint density at radius 2 is 1.75 bits per heavy atom. The van der Waals surface area contributed by atoms with Gasteiger partial charge in [0.1, 0.15) is 0 Å². The Morgan fingerprint density at radius 1 is 1.04 bits per heavy atom. The average Bonchev–Trinajstić information content (AvgIpc) is 3.04. The molecule has 0 saturated carbocycles. The van der Waals surface area contributed by atoms with Gasteiger partial charge in [0.05, 0.1) is 17.4 Å². The Balaban J connectivity index is 1.80. The molecular formula is C16H12N4O3S. The summed E-state index contributed by atoms with van der Waals surface area (Å²) in [5.74, 6) is 0.220. The van der Waals surface area contributed by atoms with E-state index < -0.39 is 10.0 Å². The summed E-state index contributed by atoms with van der Waals surface area (Å²) < 4.78 is 32.2. The van der Waals surface area contributed by atoms with Crippen molar-refractivity contribution in [3.8, 4) is 17.5 Å². The molecule has 1 heterocycles. The number of nitrogens with zero attached hydrogens (tertiary/aromatic N) is 3. The van der Waals surface area contributed by atoms with Gasteiger partial charge in [-0.05, 0) is 29.8 Å². The lowest BCUT2D eigenvalue weighted by atomic mass is 10.2.